The highest BCUT2D eigenvalue weighted by Crippen LogP contribution is 2.30. The molecule has 1 fully saturated rings. The second kappa shape index (κ2) is 6.31. The molecule has 3 heterocycles. The molecule has 0 unspecified atom stereocenters. The predicted molar refractivity (Wildman–Crippen MR) is 103 cm³/mol. The maximum absolute atomic E-state index is 13.0. The molecule has 1 N–H and O–H groups in total. The number of fused-ring (bicyclic) bond motifs is 1. The highest BCUT2D eigenvalue weighted by Gasteiger charge is 2.35. The lowest BCUT2D eigenvalue weighted by Gasteiger charge is -2.37. The number of benzene rings is 1. The third kappa shape index (κ3) is 2.81. The predicted octanol–water partition coefficient (Wildman–Crippen LogP) is 3.81. The van der Waals surface area contributed by atoms with Crippen molar-refractivity contribution in [1.82, 2.24) is 19.4 Å². The maximum Gasteiger partial charge on any atom is 0.248 e. The maximum atomic E-state index is 13.0. The van der Waals surface area contributed by atoms with Gasteiger partial charge in [0.2, 0.25) is 5.91 Å². The minimum absolute atomic E-state index is 0.188. The number of carbonyl (C=O) groups is 1. The molecule has 1 amide bonds. The number of nitrogens with zero attached hydrogens (tertiary/aromatic N) is 3. The monoisotopic (exact) mass is 350 g/mol. The normalized spacial score (nSPS) is 16.3. The summed E-state index contributed by atoms with van der Waals surface area (Å²) in [6.45, 7) is 7.64. The number of rotatable bonds is 3. The van der Waals surface area contributed by atoms with Gasteiger partial charge in [-0.15, -0.1) is 0 Å². The molecule has 0 spiro atoms. The lowest BCUT2D eigenvalue weighted by atomic mass is 9.94. The summed E-state index contributed by atoms with van der Waals surface area (Å²) in [4.78, 5) is 23.3. The van der Waals surface area contributed by atoms with Gasteiger partial charge in [-0.3, -0.25) is 4.79 Å². The van der Waals surface area contributed by atoms with E-state index in [0.717, 1.165) is 42.8 Å². The van der Waals surface area contributed by atoms with Crippen molar-refractivity contribution in [3.63, 3.8) is 0 Å². The van der Waals surface area contributed by atoms with Crippen LogP contribution < -0.4 is 0 Å². The molecule has 3 aromatic rings. The van der Waals surface area contributed by atoms with Crippen LogP contribution >= 0.6 is 0 Å². The summed E-state index contributed by atoms with van der Waals surface area (Å²) in [5.74, 6) is 1.64. The largest absolute Gasteiger partial charge is 0.342 e. The molecular formula is C21H26N4O. The Balaban J connectivity index is 1.46. The Morgan fingerprint density at radius 1 is 1.15 bits per heavy atom. The standard InChI is InChI=1S/C21H26N4O/c1-15-7-6-8-17-18(15)23-19(22-17)16-9-13-24(14-10-16)20(26)21(2,3)25-11-4-5-12-25/h4-8,11-12,16H,9-10,13-14H2,1-3H3,(H,22,23). The Hall–Kier alpha value is -2.56. The number of hydrogen-bond acceptors (Lipinski definition) is 2. The fourth-order valence-electron chi connectivity index (χ4n) is 3.95. The molecule has 0 saturated carbocycles. The van der Waals surface area contributed by atoms with E-state index in [1.165, 1.54) is 5.56 Å². The summed E-state index contributed by atoms with van der Waals surface area (Å²) in [5, 5.41) is 0. The number of imidazole rings is 1. The molecule has 1 aromatic carbocycles. The highest BCUT2D eigenvalue weighted by molar-refractivity contribution is 5.84. The van der Waals surface area contributed by atoms with Gasteiger partial charge in [-0.1, -0.05) is 12.1 Å². The number of nitrogens with one attached hydrogen (secondary N) is 1. The molecule has 26 heavy (non-hydrogen) atoms. The van der Waals surface area contributed by atoms with Crippen molar-refractivity contribution in [3.8, 4) is 0 Å². The van der Waals surface area contributed by atoms with E-state index in [2.05, 4.69) is 30.1 Å². The molecule has 1 aliphatic rings. The second-order valence-electron chi connectivity index (χ2n) is 7.81. The van der Waals surface area contributed by atoms with Crippen LogP contribution in [0.1, 0.15) is 44.0 Å². The van der Waals surface area contributed by atoms with E-state index >= 15 is 0 Å². The average Bonchev–Trinajstić information content (AvgIpc) is 3.32. The third-order valence-electron chi connectivity index (χ3n) is 5.67. The van der Waals surface area contributed by atoms with Crippen LogP contribution in [0, 0.1) is 6.92 Å². The molecule has 5 heteroatoms. The van der Waals surface area contributed by atoms with E-state index in [0.29, 0.717) is 5.92 Å². The van der Waals surface area contributed by atoms with Crippen LogP contribution in [-0.2, 0) is 10.3 Å². The van der Waals surface area contributed by atoms with E-state index < -0.39 is 5.54 Å². The fraction of sp³-hybridized carbons (Fsp3) is 0.429. The Kier molecular flexibility index (Phi) is 4.10. The first kappa shape index (κ1) is 16.9. The zero-order chi connectivity index (χ0) is 18.3. The Morgan fingerprint density at radius 3 is 2.50 bits per heavy atom. The summed E-state index contributed by atoms with van der Waals surface area (Å²) in [5.41, 5.74) is 2.82. The van der Waals surface area contributed by atoms with Crippen molar-refractivity contribution in [3.05, 3.63) is 54.1 Å². The van der Waals surface area contributed by atoms with Gasteiger partial charge in [0.1, 0.15) is 11.4 Å². The zero-order valence-corrected chi connectivity index (χ0v) is 15.7. The number of aromatic amines is 1. The third-order valence-corrected chi connectivity index (χ3v) is 5.67. The average molecular weight is 350 g/mol. The molecule has 5 nitrogen and oxygen atoms in total. The van der Waals surface area contributed by atoms with Gasteiger partial charge in [-0.05, 0) is 57.4 Å². The van der Waals surface area contributed by atoms with Gasteiger partial charge in [0.15, 0.2) is 0 Å². The Labute approximate surface area is 154 Å². The van der Waals surface area contributed by atoms with E-state index in [4.69, 9.17) is 4.98 Å². The van der Waals surface area contributed by atoms with E-state index in [1.54, 1.807) is 0 Å². The number of aryl methyl sites for hydroxylation is 1. The number of H-pyrrole nitrogens is 1. The first-order valence-electron chi connectivity index (χ1n) is 9.35. The van der Waals surface area contributed by atoms with Gasteiger partial charge in [-0.2, -0.15) is 0 Å². The Bertz CT molecular complexity index is 915. The molecule has 136 valence electrons. The number of aromatic nitrogens is 3. The lowest BCUT2D eigenvalue weighted by molar-refractivity contribution is -0.140. The quantitative estimate of drug-likeness (QED) is 0.781. The minimum Gasteiger partial charge on any atom is -0.342 e. The second-order valence-corrected chi connectivity index (χ2v) is 7.81. The van der Waals surface area contributed by atoms with Crippen LogP contribution in [0.25, 0.3) is 11.0 Å². The smallest absolute Gasteiger partial charge is 0.248 e. The van der Waals surface area contributed by atoms with Crippen LogP contribution in [0.5, 0.6) is 0 Å². The van der Waals surface area contributed by atoms with Crippen LogP contribution in [0.2, 0.25) is 0 Å². The number of carbonyl (C=O) groups excluding carboxylic acids is 1. The molecule has 1 saturated heterocycles. The number of hydrogen-bond donors (Lipinski definition) is 1. The number of amides is 1. The molecule has 1 aliphatic heterocycles. The van der Waals surface area contributed by atoms with Crippen molar-refractivity contribution >= 4 is 16.9 Å². The molecule has 0 atom stereocenters. The molecule has 0 radical (unpaired) electrons. The zero-order valence-electron chi connectivity index (χ0n) is 15.7. The lowest BCUT2D eigenvalue weighted by Crippen LogP contribution is -2.49. The SMILES string of the molecule is Cc1cccc2[nH]c(C3CCN(C(=O)C(C)(C)n4cccc4)CC3)nc12. The van der Waals surface area contributed by atoms with Crippen molar-refractivity contribution < 1.29 is 4.79 Å². The van der Waals surface area contributed by atoms with Crippen LogP contribution in [0.15, 0.2) is 42.7 Å². The number of likely N-dealkylation sites (tertiary alicyclic amines) is 1. The topological polar surface area (TPSA) is 53.9 Å². The first-order chi connectivity index (χ1) is 12.5. The van der Waals surface area contributed by atoms with Crippen LogP contribution in [-0.4, -0.2) is 38.4 Å². The van der Waals surface area contributed by atoms with E-state index in [1.807, 2.05) is 47.8 Å². The summed E-state index contributed by atoms with van der Waals surface area (Å²) in [6.07, 6.45) is 5.82. The summed E-state index contributed by atoms with van der Waals surface area (Å²) >= 11 is 0. The molecule has 2 aromatic heterocycles. The van der Waals surface area contributed by atoms with Crippen molar-refractivity contribution in [1.29, 1.82) is 0 Å². The van der Waals surface area contributed by atoms with Gasteiger partial charge in [0, 0.05) is 31.4 Å². The first-order valence-corrected chi connectivity index (χ1v) is 9.35. The van der Waals surface area contributed by atoms with Gasteiger partial charge in [0.25, 0.3) is 0 Å². The van der Waals surface area contributed by atoms with Crippen molar-refractivity contribution in [2.24, 2.45) is 0 Å². The number of para-hydroxylation sites is 1. The highest BCUT2D eigenvalue weighted by atomic mass is 16.2. The Morgan fingerprint density at radius 2 is 1.85 bits per heavy atom. The van der Waals surface area contributed by atoms with Gasteiger partial charge < -0.3 is 14.5 Å². The van der Waals surface area contributed by atoms with E-state index in [-0.39, 0.29) is 5.91 Å². The fourth-order valence-corrected chi connectivity index (χ4v) is 3.95. The molecule has 0 aliphatic carbocycles. The summed E-state index contributed by atoms with van der Waals surface area (Å²) in [6, 6.07) is 10.2. The number of piperidine rings is 1. The van der Waals surface area contributed by atoms with Crippen LogP contribution in [0.4, 0.5) is 0 Å². The molecule has 0 bridgehead atoms. The van der Waals surface area contributed by atoms with Gasteiger partial charge in [0.05, 0.1) is 11.0 Å². The summed E-state index contributed by atoms with van der Waals surface area (Å²) < 4.78 is 1.99. The molecular weight excluding hydrogens is 324 g/mol. The van der Waals surface area contributed by atoms with Crippen molar-refractivity contribution in [2.45, 2.75) is 45.1 Å². The minimum atomic E-state index is -0.549. The molecule has 4 rings (SSSR count). The summed E-state index contributed by atoms with van der Waals surface area (Å²) in [7, 11) is 0. The van der Waals surface area contributed by atoms with E-state index in [9.17, 15) is 4.79 Å². The van der Waals surface area contributed by atoms with Gasteiger partial charge in [-0.25, -0.2) is 4.98 Å². The van der Waals surface area contributed by atoms with Gasteiger partial charge >= 0.3 is 0 Å². The van der Waals surface area contributed by atoms with Crippen molar-refractivity contribution in [2.75, 3.05) is 13.1 Å². The van der Waals surface area contributed by atoms with Crippen LogP contribution in [0.3, 0.4) is 0 Å².